The van der Waals surface area contributed by atoms with Crippen LogP contribution in [0.2, 0.25) is 0 Å². The lowest BCUT2D eigenvalue weighted by Gasteiger charge is -2.53. The van der Waals surface area contributed by atoms with Crippen molar-refractivity contribution in [1.29, 1.82) is 0 Å². The first-order valence-electron chi connectivity index (χ1n) is 15.0. The van der Waals surface area contributed by atoms with Crippen molar-refractivity contribution in [3.05, 3.63) is 0 Å². The molecule has 0 aromatic rings. The fourth-order valence-electron chi connectivity index (χ4n) is 7.01. The van der Waals surface area contributed by atoms with Crippen LogP contribution in [0.15, 0.2) is 0 Å². The summed E-state index contributed by atoms with van der Waals surface area (Å²) >= 11 is 0. The van der Waals surface area contributed by atoms with Gasteiger partial charge in [-0.3, -0.25) is 0 Å². The van der Waals surface area contributed by atoms with Gasteiger partial charge in [-0.25, -0.2) is 0 Å². The Morgan fingerprint density at radius 2 is 1.47 bits per heavy atom. The second-order valence-corrected chi connectivity index (χ2v) is 12.0. The van der Waals surface area contributed by atoms with Crippen LogP contribution in [-0.4, -0.2) is 37.1 Å². The molecule has 0 aromatic heterocycles. The van der Waals surface area contributed by atoms with Crippen LogP contribution in [0.3, 0.4) is 0 Å². The van der Waals surface area contributed by atoms with Crippen LogP contribution >= 0.6 is 0 Å². The van der Waals surface area contributed by atoms with E-state index in [0.717, 1.165) is 29.3 Å². The Kier molecular flexibility index (Phi) is 13.9. The molecule has 2 aliphatic rings. The zero-order chi connectivity index (χ0) is 23.2. The van der Waals surface area contributed by atoms with Gasteiger partial charge in [0.05, 0.1) is 0 Å². The number of hydrogen-bond acceptors (Lipinski definition) is 2. The predicted octanol–water partition coefficient (Wildman–Crippen LogP) is 8.59. The summed E-state index contributed by atoms with van der Waals surface area (Å²) in [4.78, 5) is 2.77. The number of rotatable bonds is 18. The van der Waals surface area contributed by atoms with Crippen LogP contribution in [0.25, 0.3) is 0 Å². The molecule has 2 saturated carbocycles. The van der Waals surface area contributed by atoms with E-state index in [-0.39, 0.29) is 0 Å². The highest BCUT2D eigenvalue weighted by Crippen LogP contribution is 2.55. The third kappa shape index (κ3) is 9.65. The maximum Gasteiger partial charge on any atom is 0.00927 e. The first kappa shape index (κ1) is 28.2. The molecule has 0 radical (unpaired) electrons. The van der Waals surface area contributed by atoms with Crippen molar-refractivity contribution in [2.45, 2.75) is 155 Å². The van der Waals surface area contributed by atoms with Crippen LogP contribution in [0.1, 0.15) is 143 Å². The fraction of sp³-hybridized carbons (Fsp3) is 1.00. The highest BCUT2D eigenvalue weighted by molar-refractivity contribution is 4.98. The molecule has 2 fully saturated rings. The lowest BCUT2D eigenvalue weighted by Crippen LogP contribution is -2.48. The normalized spacial score (nSPS) is 27.6. The smallest absolute Gasteiger partial charge is 0.00927 e. The number of nitrogens with one attached hydrogen (secondary N) is 1. The quantitative estimate of drug-likeness (QED) is 0.211. The molecule has 2 aliphatic carbocycles. The highest BCUT2D eigenvalue weighted by atomic mass is 15.1. The monoisotopic (exact) mass is 448 g/mol. The van der Waals surface area contributed by atoms with Gasteiger partial charge in [0.1, 0.15) is 0 Å². The molecule has 2 heteroatoms. The van der Waals surface area contributed by atoms with E-state index >= 15 is 0 Å². The van der Waals surface area contributed by atoms with Gasteiger partial charge in [-0.1, -0.05) is 79.1 Å². The van der Waals surface area contributed by atoms with Gasteiger partial charge in [-0.15, -0.1) is 0 Å². The standard InChI is InChI=1S/C30H60N2/c1-6-10-12-13-16-26(14-8-3)25-32(5)29-18-20-30(21-19-29)22-27(23-30)24-31-28(15-9-4)17-11-7-2/h26-29,31H,6-25H2,1-5H3/t26?,27-,28?,29-,30?. The molecule has 32 heavy (non-hydrogen) atoms. The van der Waals surface area contributed by atoms with Crippen molar-refractivity contribution >= 4 is 0 Å². The lowest BCUT2D eigenvalue weighted by molar-refractivity contribution is -0.0114. The molecule has 0 heterocycles. The van der Waals surface area contributed by atoms with Crippen molar-refractivity contribution in [3.63, 3.8) is 0 Å². The average Bonchev–Trinajstić information content (AvgIpc) is 2.77. The van der Waals surface area contributed by atoms with Gasteiger partial charge in [-0.05, 0) is 95.1 Å². The van der Waals surface area contributed by atoms with E-state index in [1.807, 2.05) is 0 Å². The lowest BCUT2D eigenvalue weighted by atomic mass is 9.55. The number of unbranched alkanes of at least 4 members (excludes halogenated alkanes) is 4. The van der Waals surface area contributed by atoms with Crippen LogP contribution in [0.4, 0.5) is 0 Å². The van der Waals surface area contributed by atoms with Crippen molar-refractivity contribution in [1.82, 2.24) is 10.2 Å². The van der Waals surface area contributed by atoms with Crippen molar-refractivity contribution in [2.75, 3.05) is 20.1 Å². The zero-order valence-corrected chi connectivity index (χ0v) is 22.9. The van der Waals surface area contributed by atoms with E-state index in [0.29, 0.717) is 0 Å². The maximum atomic E-state index is 3.96. The Bertz CT molecular complexity index is 446. The Balaban J connectivity index is 1.66. The third-order valence-corrected chi connectivity index (χ3v) is 9.03. The second kappa shape index (κ2) is 15.8. The summed E-state index contributed by atoms with van der Waals surface area (Å²) in [6.07, 6.45) is 25.7. The molecule has 0 aromatic carbocycles. The number of nitrogens with zero attached hydrogens (tertiary/aromatic N) is 1. The highest BCUT2D eigenvalue weighted by Gasteiger charge is 2.46. The van der Waals surface area contributed by atoms with E-state index in [1.54, 1.807) is 0 Å². The van der Waals surface area contributed by atoms with Crippen LogP contribution in [-0.2, 0) is 0 Å². The molecule has 1 spiro atoms. The van der Waals surface area contributed by atoms with E-state index in [9.17, 15) is 0 Å². The molecule has 0 amide bonds. The molecular formula is C30H60N2. The molecule has 2 atom stereocenters. The second-order valence-electron chi connectivity index (χ2n) is 12.0. The van der Waals surface area contributed by atoms with Crippen LogP contribution < -0.4 is 5.32 Å². The minimum Gasteiger partial charge on any atom is -0.314 e. The Labute approximate surface area is 203 Å². The molecular weight excluding hydrogens is 388 g/mol. The molecule has 1 N–H and O–H groups in total. The topological polar surface area (TPSA) is 15.3 Å². The van der Waals surface area contributed by atoms with Crippen molar-refractivity contribution in [3.8, 4) is 0 Å². The molecule has 2 nitrogen and oxygen atoms in total. The molecule has 0 bridgehead atoms. The Morgan fingerprint density at radius 1 is 0.781 bits per heavy atom. The minimum absolute atomic E-state index is 0.732. The molecule has 2 rings (SSSR count). The molecule has 190 valence electrons. The predicted molar refractivity (Wildman–Crippen MR) is 143 cm³/mol. The minimum atomic E-state index is 0.732. The van der Waals surface area contributed by atoms with Crippen LogP contribution in [0, 0.1) is 17.3 Å². The molecule has 0 saturated heterocycles. The van der Waals surface area contributed by atoms with Gasteiger partial charge in [0.25, 0.3) is 0 Å². The third-order valence-electron chi connectivity index (χ3n) is 9.03. The number of hydrogen-bond donors (Lipinski definition) is 1. The molecule has 0 aliphatic heterocycles. The van der Waals surface area contributed by atoms with Gasteiger partial charge >= 0.3 is 0 Å². The molecule has 2 unspecified atom stereocenters. The first-order valence-corrected chi connectivity index (χ1v) is 15.0. The van der Waals surface area contributed by atoms with E-state index in [4.69, 9.17) is 0 Å². The summed E-state index contributed by atoms with van der Waals surface area (Å²) in [6.45, 7) is 12.0. The van der Waals surface area contributed by atoms with Gasteiger partial charge in [0, 0.05) is 18.6 Å². The van der Waals surface area contributed by atoms with E-state index < -0.39 is 0 Å². The van der Waals surface area contributed by atoms with Gasteiger partial charge in [-0.2, -0.15) is 0 Å². The Morgan fingerprint density at radius 3 is 2.09 bits per heavy atom. The average molecular weight is 449 g/mol. The summed E-state index contributed by atoms with van der Waals surface area (Å²) in [5.74, 6) is 1.89. The van der Waals surface area contributed by atoms with Gasteiger partial charge in [0.2, 0.25) is 0 Å². The van der Waals surface area contributed by atoms with E-state index in [1.165, 1.54) is 129 Å². The SMILES string of the molecule is CCCCCCC(CCC)CN(C)[C@H]1CCC2(CC1)C[C@@H](CNC(CCC)CCCC)C2. The largest absolute Gasteiger partial charge is 0.314 e. The van der Waals surface area contributed by atoms with Gasteiger partial charge < -0.3 is 10.2 Å². The maximum absolute atomic E-state index is 3.96. The van der Waals surface area contributed by atoms with Gasteiger partial charge in [0.15, 0.2) is 0 Å². The zero-order valence-electron chi connectivity index (χ0n) is 22.9. The van der Waals surface area contributed by atoms with E-state index in [2.05, 4.69) is 45.0 Å². The first-order chi connectivity index (χ1) is 15.6. The van der Waals surface area contributed by atoms with Crippen molar-refractivity contribution < 1.29 is 0 Å². The summed E-state index contributed by atoms with van der Waals surface area (Å²) in [5.41, 5.74) is 0.732. The summed E-state index contributed by atoms with van der Waals surface area (Å²) in [7, 11) is 2.44. The summed E-state index contributed by atoms with van der Waals surface area (Å²) < 4.78 is 0. The van der Waals surface area contributed by atoms with Crippen LogP contribution in [0.5, 0.6) is 0 Å². The van der Waals surface area contributed by atoms with Crippen molar-refractivity contribution in [2.24, 2.45) is 17.3 Å². The summed E-state index contributed by atoms with van der Waals surface area (Å²) in [6, 6.07) is 1.63. The fourth-order valence-corrected chi connectivity index (χ4v) is 7.01. The summed E-state index contributed by atoms with van der Waals surface area (Å²) in [5, 5.41) is 3.96. The Hall–Kier alpha value is -0.0800.